The van der Waals surface area contributed by atoms with Crippen molar-refractivity contribution >= 4 is 11.6 Å². The molecule has 0 spiro atoms. The second-order valence-electron chi connectivity index (χ2n) is 5.14. The van der Waals surface area contributed by atoms with Gasteiger partial charge in [-0.1, -0.05) is 35.4 Å². The molecule has 1 saturated heterocycles. The van der Waals surface area contributed by atoms with E-state index in [1.165, 1.54) is 0 Å². The number of benzene rings is 2. The predicted octanol–water partition coefficient (Wildman–Crippen LogP) is 3.85. The molecular weight excluding hydrogens is 292 g/mol. The van der Waals surface area contributed by atoms with Crippen LogP contribution < -0.4 is 9.64 Å². The van der Waals surface area contributed by atoms with Gasteiger partial charge in [-0.05, 0) is 42.3 Å². The first kappa shape index (κ1) is 14.9. The van der Waals surface area contributed by atoms with Gasteiger partial charge in [-0.15, -0.1) is 0 Å². The molecule has 0 aromatic heterocycles. The zero-order chi connectivity index (χ0) is 16.2. The number of amides is 1. The van der Waals surface area contributed by atoms with Crippen LogP contribution in [0, 0.1) is 0 Å². The van der Waals surface area contributed by atoms with Crippen LogP contribution in [0.1, 0.15) is 18.5 Å². The van der Waals surface area contributed by atoms with E-state index in [1.807, 2.05) is 61.5 Å². The van der Waals surface area contributed by atoms with Crippen LogP contribution >= 0.6 is 0 Å². The maximum atomic E-state index is 12.4. The van der Waals surface area contributed by atoms with Gasteiger partial charge in [0.15, 0.2) is 0 Å². The Morgan fingerprint density at radius 2 is 1.87 bits per heavy atom. The van der Waals surface area contributed by atoms with E-state index in [-0.39, 0.29) is 11.9 Å². The number of hydrogen-bond acceptors (Lipinski definition) is 3. The molecule has 0 saturated carbocycles. The molecule has 0 radical (unpaired) electrons. The maximum absolute atomic E-state index is 12.4. The first-order valence-corrected chi connectivity index (χ1v) is 7.41. The Morgan fingerprint density at radius 3 is 2.48 bits per heavy atom. The van der Waals surface area contributed by atoms with Crippen LogP contribution in [0.25, 0.3) is 10.4 Å². The van der Waals surface area contributed by atoms with Gasteiger partial charge >= 0.3 is 0 Å². The lowest BCUT2D eigenvalue weighted by molar-refractivity contribution is -0.126. The van der Waals surface area contributed by atoms with Crippen molar-refractivity contribution in [2.45, 2.75) is 19.0 Å². The fraction of sp³-hybridized carbons (Fsp3) is 0.235. The van der Waals surface area contributed by atoms with Crippen molar-refractivity contribution in [3.05, 3.63) is 70.6 Å². The molecule has 1 heterocycles. The molecular formula is C17H16N4O2. The summed E-state index contributed by atoms with van der Waals surface area (Å²) in [4.78, 5) is 16.8. The Morgan fingerprint density at radius 1 is 1.17 bits per heavy atom. The lowest BCUT2D eigenvalue weighted by Gasteiger charge is -2.45. The van der Waals surface area contributed by atoms with Crippen LogP contribution in [0.5, 0.6) is 5.75 Å². The van der Waals surface area contributed by atoms with Crippen LogP contribution in [-0.4, -0.2) is 18.6 Å². The first-order valence-electron chi connectivity index (χ1n) is 7.41. The molecule has 1 amide bonds. The molecule has 1 fully saturated rings. The van der Waals surface area contributed by atoms with Gasteiger partial charge in [0.2, 0.25) is 5.91 Å². The predicted molar refractivity (Wildman–Crippen MR) is 87.2 cm³/mol. The van der Waals surface area contributed by atoms with E-state index in [4.69, 9.17) is 10.3 Å². The quantitative estimate of drug-likeness (QED) is 0.364. The lowest BCUT2D eigenvalue weighted by atomic mass is 9.88. The molecule has 23 heavy (non-hydrogen) atoms. The normalized spacial score (nSPS) is 19.7. The molecule has 116 valence electrons. The second kappa shape index (κ2) is 6.42. The van der Waals surface area contributed by atoms with Gasteiger partial charge in [-0.2, -0.15) is 0 Å². The van der Waals surface area contributed by atoms with Gasteiger partial charge in [0.1, 0.15) is 11.8 Å². The van der Waals surface area contributed by atoms with Gasteiger partial charge in [-0.25, -0.2) is 0 Å². The van der Waals surface area contributed by atoms with E-state index in [1.54, 1.807) is 4.90 Å². The van der Waals surface area contributed by atoms with Gasteiger partial charge in [0, 0.05) is 10.6 Å². The maximum Gasteiger partial charge on any atom is 0.239 e. The highest BCUT2D eigenvalue weighted by Gasteiger charge is 2.48. The Labute approximate surface area is 133 Å². The third-order valence-corrected chi connectivity index (χ3v) is 3.81. The largest absolute Gasteiger partial charge is 0.494 e. The molecule has 2 aromatic carbocycles. The molecule has 6 nitrogen and oxygen atoms in total. The number of ether oxygens (including phenoxy) is 1. The van der Waals surface area contributed by atoms with Gasteiger partial charge in [0.05, 0.1) is 12.6 Å². The smallest absolute Gasteiger partial charge is 0.239 e. The topological polar surface area (TPSA) is 78.3 Å². The van der Waals surface area contributed by atoms with Crippen molar-refractivity contribution in [3.63, 3.8) is 0 Å². The highest BCUT2D eigenvalue weighted by Crippen LogP contribution is 2.41. The average Bonchev–Trinajstić information content (AvgIpc) is 2.59. The monoisotopic (exact) mass is 308 g/mol. The summed E-state index contributed by atoms with van der Waals surface area (Å²) >= 11 is 0. The number of hydrogen-bond donors (Lipinski definition) is 0. The summed E-state index contributed by atoms with van der Waals surface area (Å²) in [5.41, 5.74) is 10.4. The van der Waals surface area contributed by atoms with Crippen molar-refractivity contribution in [2.75, 3.05) is 11.5 Å². The molecule has 0 N–H and O–H groups in total. The summed E-state index contributed by atoms with van der Waals surface area (Å²) < 4.78 is 5.42. The molecule has 0 aliphatic carbocycles. The highest BCUT2D eigenvalue weighted by atomic mass is 16.5. The van der Waals surface area contributed by atoms with Crippen molar-refractivity contribution in [1.82, 2.24) is 0 Å². The summed E-state index contributed by atoms with van der Waals surface area (Å²) in [6.45, 7) is 2.51. The zero-order valence-electron chi connectivity index (χ0n) is 12.7. The molecule has 1 aliphatic rings. The molecule has 2 aromatic rings. The summed E-state index contributed by atoms with van der Waals surface area (Å²) in [5.74, 6) is 0.563. The van der Waals surface area contributed by atoms with Crippen molar-refractivity contribution in [3.8, 4) is 5.75 Å². The number of carbonyl (C=O) groups excluding carboxylic acids is 1. The molecule has 0 bridgehead atoms. The second-order valence-corrected chi connectivity index (χ2v) is 5.14. The van der Waals surface area contributed by atoms with E-state index in [0.717, 1.165) is 17.0 Å². The van der Waals surface area contributed by atoms with Crippen LogP contribution in [0.15, 0.2) is 59.7 Å². The number of nitrogens with zero attached hydrogens (tertiary/aromatic N) is 4. The van der Waals surface area contributed by atoms with Crippen LogP contribution in [0.2, 0.25) is 0 Å². The summed E-state index contributed by atoms with van der Waals surface area (Å²) in [6, 6.07) is 15.9. The summed E-state index contributed by atoms with van der Waals surface area (Å²) in [5, 5.41) is 3.66. The minimum absolute atomic E-state index is 0.194. The first-order chi connectivity index (χ1) is 11.3. The van der Waals surface area contributed by atoms with Crippen LogP contribution in [0.3, 0.4) is 0 Å². The third kappa shape index (κ3) is 2.72. The van der Waals surface area contributed by atoms with E-state index < -0.39 is 6.04 Å². The minimum atomic E-state index is -0.700. The average molecular weight is 308 g/mol. The Bertz CT molecular complexity index is 739. The summed E-state index contributed by atoms with van der Waals surface area (Å²) in [6.07, 6.45) is 0. The Hall–Kier alpha value is -2.98. The van der Waals surface area contributed by atoms with Gasteiger partial charge in [0.25, 0.3) is 0 Å². The number of β-lactam (4-membered cyclic amide) rings is 1. The van der Waals surface area contributed by atoms with Crippen molar-refractivity contribution < 1.29 is 9.53 Å². The lowest BCUT2D eigenvalue weighted by Crippen LogP contribution is -2.58. The zero-order valence-corrected chi connectivity index (χ0v) is 12.7. The van der Waals surface area contributed by atoms with E-state index in [0.29, 0.717) is 6.61 Å². The number of azide groups is 1. The molecule has 1 aliphatic heterocycles. The van der Waals surface area contributed by atoms with E-state index in [9.17, 15) is 4.79 Å². The summed E-state index contributed by atoms with van der Waals surface area (Å²) in [7, 11) is 0. The fourth-order valence-electron chi connectivity index (χ4n) is 2.78. The van der Waals surface area contributed by atoms with Crippen LogP contribution in [0.4, 0.5) is 5.69 Å². The minimum Gasteiger partial charge on any atom is -0.494 e. The Kier molecular flexibility index (Phi) is 4.17. The molecule has 0 unspecified atom stereocenters. The number of anilines is 1. The number of carbonyl (C=O) groups is 1. The highest BCUT2D eigenvalue weighted by molar-refractivity contribution is 6.06. The Balaban J connectivity index is 1.93. The van der Waals surface area contributed by atoms with Gasteiger partial charge < -0.3 is 9.64 Å². The number of rotatable bonds is 5. The molecule has 2 atom stereocenters. The van der Waals surface area contributed by atoms with Crippen molar-refractivity contribution in [2.24, 2.45) is 5.11 Å². The SMILES string of the molecule is CCOc1ccc(N2C(=O)[C@@H](N=[N+]=[N-])[C@H]2c2ccccc2)cc1. The van der Waals surface area contributed by atoms with Gasteiger partial charge in [-0.3, -0.25) is 4.79 Å². The third-order valence-electron chi connectivity index (χ3n) is 3.81. The van der Waals surface area contributed by atoms with E-state index in [2.05, 4.69) is 10.0 Å². The van der Waals surface area contributed by atoms with Crippen molar-refractivity contribution in [1.29, 1.82) is 0 Å². The van der Waals surface area contributed by atoms with E-state index >= 15 is 0 Å². The molecule has 6 heteroatoms. The fourth-order valence-corrected chi connectivity index (χ4v) is 2.78. The molecule has 3 rings (SSSR count). The van der Waals surface area contributed by atoms with Crippen LogP contribution in [-0.2, 0) is 4.79 Å². The standard InChI is InChI=1S/C17H16N4O2/c1-2-23-14-10-8-13(9-11-14)21-16(12-6-4-3-5-7-12)15(17(21)22)19-20-18/h3-11,15-16H,2H2,1H3/t15-,16+/m0/s1.